The van der Waals surface area contributed by atoms with E-state index in [1.807, 2.05) is 37.3 Å². The summed E-state index contributed by atoms with van der Waals surface area (Å²) < 4.78 is 0. The molecule has 5 nitrogen and oxygen atoms in total. The number of nitrogens with zero attached hydrogens (tertiary/aromatic N) is 2. The summed E-state index contributed by atoms with van der Waals surface area (Å²) in [6.07, 6.45) is 1.39. The Morgan fingerprint density at radius 1 is 1.28 bits per heavy atom. The van der Waals surface area contributed by atoms with Crippen LogP contribution in [0, 0.1) is 0 Å². The molecule has 5 heteroatoms. The molecule has 0 radical (unpaired) electrons. The lowest BCUT2D eigenvalue weighted by Crippen LogP contribution is -2.36. The zero-order valence-electron chi connectivity index (χ0n) is 10.2. The van der Waals surface area contributed by atoms with Gasteiger partial charge in [0.2, 0.25) is 0 Å². The zero-order valence-corrected chi connectivity index (χ0v) is 10.2. The van der Waals surface area contributed by atoms with Crippen LogP contribution in [0.1, 0.15) is 12.5 Å². The Labute approximate surface area is 106 Å². The molecule has 1 aromatic heterocycles. The Morgan fingerprint density at radius 2 is 2.00 bits per heavy atom. The van der Waals surface area contributed by atoms with Gasteiger partial charge in [-0.1, -0.05) is 30.3 Å². The molecule has 1 unspecified atom stereocenters. The summed E-state index contributed by atoms with van der Waals surface area (Å²) >= 11 is 0. The van der Waals surface area contributed by atoms with E-state index >= 15 is 0 Å². The first-order valence-corrected chi connectivity index (χ1v) is 5.66. The summed E-state index contributed by atoms with van der Waals surface area (Å²) in [6.45, 7) is 1.85. The Hall–Kier alpha value is -2.14. The number of aromatic nitrogens is 2. The quantitative estimate of drug-likeness (QED) is 0.756. The fraction of sp³-hybridized carbons (Fsp3) is 0.231. The monoisotopic (exact) mass is 244 g/mol. The van der Waals surface area contributed by atoms with Crippen LogP contribution in [0.5, 0.6) is 0 Å². The van der Waals surface area contributed by atoms with E-state index in [1.54, 1.807) is 6.07 Å². The molecule has 1 heterocycles. The van der Waals surface area contributed by atoms with E-state index in [9.17, 15) is 5.11 Å². The standard InChI is InChI=1S/C13H16N4O/c1-13(8-18,10-5-3-2-4-6-10)17-12-7-11(14)15-9-16-12/h2-7,9,18H,8H2,1H3,(H3,14,15,16,17). The molecule has 0 aliphatic heterocycles. The van der Waals surface area contributed by atoms with Crippen LogP contribution in [0.25, 0.3) is 0 Å². The summed E-state index contributed by atoms with van der Waals surface area (Å²) in [7, 11) is 0. The second-order valence-corrected chi connectivity index (χ2v) is 4.31. The van der Waals surface area contributed by atoms with Gasteiger partial charge in [-0.3, -0.25) is 0 Å². The zero-order chi connectivity index (χ0) is 13.0. The third-order valence-electron chi connectivity index (χ3n) is 2.82. The van der Waals surface area contributed by atoms with Crippen molar-refractivity contribution in [2.24, 2.45) is 0 Å². The van der Waals surface area contributed by atoms with Crippen molar-refractivity contribution in [2.75, 3.05) is 17.7 Å². The van der Waals surface area contributed by atoms with Crippen LogP contribution in [-0.2, 0) is 5.54 Å². The molecule has 94 valence electrons. The number of anilines is 2. The maximum absolute atomic E-state index is 9.63. The number of nitrogens with two attached hydrogens (primary N) is 1. The maximum atomic E-state index is 9.63. The van der Waals surface area contributed by atoms with Gasteiger partial charge in [-0.25, -0.2) is 9.97 Å². The number of hydrogen-bond donors (Lipinski definition) is 3. The van der Waals surface area contributed by atoms with Crippen LogP contribution < -0.4 is 11.1 Å². The van der Waals surface area contributed by atoms with Gasteiger partial charge in [0.25, 0.3) is 0 Å². The molecule has 1 atom stereocenters. The van der Waals surface area contributed by atoms with Gasteiger partial charge >= 0.3 is 0 Å². The molecule has 4 N–H and O–H groups in total. The van der Waals surface area contributed by atoms with Gasteiger partial charge < -0.3 is 16.2 Å². The topological polar surface area (TPSA) is 84.1 Å². The van der Waals surface area contributed by atoms with Crippen LogP contribution in [0.2, 0.25) is 0 Å². The largest absolute Gasteiger partial charge is 0.394 e. The second kappa shape index (κ2) is 5.01. The first-order chi connectivity index (χ1) is 8.64. The van der Waals surface area contributed by atoms with Crippen molar-refractivity contribution in [1.82, 2.24) is 9.97 Å². The van der Waals surface area contributed by atoms with E-state index in [0.717, 1.165) is 5.56 Å². The second-order valence-electron chi connectivity index (χ2n) is 4.31. The lowest BCUT2D eigenvalue weighted by atomic mass is 9.93. The van der Waals surface area contributed by atoms with Gasteiger partial charge in [0.1, 0.15) is 18.0 Å². The van der Waals surface area contributed by atoms with E-state index in [4.69, 9.17) is 5.73 Å². The minimum absolute atomic E-state index is 0.0546. The van der Waals surface area contributed by atoms with Crippen molar-refractivity contribution in [2.45, 2.75) is 12.5 Å². The predicted octanol–water partition coefficient (Wildman–Crippen LogP) is 1.38. The van der Waals surface area contributed by atoms with Gasteiger partial charge in [-0.2, -0.15) is 0 Å². The van der Waals surface area contributed by atoms with Crippen molar-refractivity contribution < 1.29 is 5.11 Å². The molecule has 0 aliphatic carbocycles. The molecular weight excluding hydrogens is 228 g/mol. The predicted molar refractivity (Wildman–Crippen MR) is 70.9 cm³/mol. The first kappa shape index (κ1) is 12.3. The van der Waals surface area contributed by atoms with E-state index < -0.39 is 5.54 Å². The van der Waals surface area contributed by atoms with Gasteiger partial charge in [-0.15, -0.1) is 0 Å². The first-order valence-electron chi connectivity index (χ1n) is 5.66. The van der Waals surface area contributed by atoms with E-state index in [-0.39, 0.29) is 6.61 Å². The summed E-state index contributed by atoms with van der Waals surface area (Å²) in [5, 5.41) is 12.8. The molecule has 0 spiro atoms. The van der Waals surface area contributed by atoms with Crippen LogP contribution in [0.15, 0.2) is 42.7 Å². The fourth-order valence-corrected chi connectivity index (χ4v) is 1.73. The molecule has 0 fully saturated rings. The molecule has 2 aromatic rings. The highest BCUT2D eigenvalue weighted by molar-refractivity contribution is 5.47. The summed E-state index contributed by atoms with van der Waals surface area (Å²) in [4.78, 5) is 7.92. The molecular formula is C13H16N4O. The fourth-order valence-electron chi connectivity index (χ4n) is 1.73. The molecule has 0 saturated carbocycles. The lowest BCUT2D eigenvalue weighted by Gasteiger charge is -2.29. The normalized spacial score (nSPS) is 13.9. The van der Waals surface area contributed by atoms with Gasteiger partial charge in [0.05, 0.1) is 12.1 Å². The van der Waals surface area contributed by atoms with Crippen LogP contribution >= 0.6 is 0 Å². The van der Waals surface area contributed by atoms with Gasteiger partial charge in [0.15, 0.2) is 0 Å². The van der Waals surface area contributed by atoms with Gasteiger partial charge in [0, 0.05) is 6.07 Å². The number of aliphatic hydroxyl groups excluding tert-OH is 1. The third-order valence-corrected chi connectivity index (χ3v) is 2.82. The third kappa shape index (κ3) is 2.57. The molecule has 0 aliphatic rings. The Bertz CT molecular complexity index is 517. The number of aliphatic hydroxyl groups is 1. The number of nitrogen functional groups attached to an aromatic ring is 1. The summed E-state index contributed by atoms with van der Waals surface area (Å²) in [6, 6.07) is 11.3. The van der Waals surface area contributed by atoms with Crippen molar-refractivity contribution in [3.63, 3.8) is 0 Å². The van der Waals surface area contributed by atoms with Crippen LogP contribution in [0.4, 0.5) is 11.6 Å². The van der Waals surface area contributed by atoms with Crippen molar-refractivity contribution in [1.29, 1.82) is 0 Å². The average Bonchev–Trinajstić information content (AvgIpc) is 2.39. The Balaban J connectivity index is 2.29. The number of benzene rings is 1. The van der Waals surface area contributed by atoms with Crippen molar-refractivity contribution in [3.8, 4) is 0 Å². The Kier molecular flexibility index (Phi) is 3.43. The van der Waals surface area contributed by atoms with E-state index in [2.05, 4.69) is 15.3 Å². The molecule has 18 heavy (non-hydrogen) atoms. The molecule has 0 amide bonds. The number of rotatable bonds is 4. The smallest absolute Gasteiger partial charge is 0.132 e. The SMILES string of the molecule is CC(CO)(Nc1cc(N)ncn1)c1ccccc1. The van der Waals surface area contributed by atoms with Crippen LogP contribution in [0.3, 0.4) is 0 Å². The highest BCUT2D eigenvalue weighted by Gasteiger charge is 2.25. The molecule has 0 bridgehead atoms. The summed E-state index contributed by atoms with van der Waals surface area (Å²) in [5.41, 5.74) is 5.97. The molecule has 2 rings (SSSR count). The minimum atomic E-state index is -0.609. The van der Waals surface area contributed by atoms with Crippen molar-refractivity contribution in [3.05, 3.63) is 48.3 Å². The molecule has 1 aromatic carbocycles. The van der Waals surface area contributed by atoms with Crippen LogP contribution in [-0.4, -0.2) is 21.7 Å². The Morgan fingerprint density at radius 3 is 2.61 bits per heavy atom. The van der Waals surface area contributed by atoms with E-state index in [0.29, 0.717) is 11.6 Å². The highest BCUT2D eigenvalue weighted by Crippen LogP contribution is 2.24. The number of hydrogen-bond acceptors (Lipinski definition) is 5. The minimum Gasteiger partial charge on any atom is -0.394 e. The lowest BCUT2D eigenvalue weighted by molar-refractivity contribution is 0.223. The molecule has 0 saturated heterocycles. The number of nitrogens with one attached hydrogen (secondary N) is 1. The summed E-state index contributed by atoms with van der Waals surface area (Å²) in [5.74, 6) is 0.976. The average molecular weight is 244 g/mol. The van der Waals surface area contributed by atoms with Crippen molar-refractivity contribution >= 4 is 11.6 Å². The van der Waals surface area contributed by atoms with E-state index in [1.165, 1.54) is 6.33 Å². The highest BCUT2D eigenvalue weighted by atomic mass is 16.3. The maximum Gasteiger partial charge on any atom is 0.132 e. The van der Waals surface area contributed by atoms with Gasteiger partial charge in [-0.05, 0) is 12.5 Å².